The lowest BCUT2D eigenvalue weighted by Crippen LogP contribution is -2.11. The third kappa shape index (κ3) is 4.00. The maximum absolute atomic E-state index is 11.5. The molecule has 0 bridgehead atoms. The van der Waals surface area contributed by atoms with Crippen LogP contribution in [0.4, 0.5) is 5.69 Å². The van der Waals surface area contributed by atoms with E-state index in [4.69, 9.17) is 0 Å². The second kappa shape index (κ2) is 6.26. The zero-order valence-electron chi connectivity index (χ0n) is 12.6. The summed E-state index contributed by atoms with van der Waals surface area (Å²) in [6.45, 7) is 1.02. The summed E-state index contributed by atoms with van der Waals surface area (Å²) >= 11 is 0. The lowest BCUT2D eigenvalue weighted by Gasteiger charge is -2.20. The summed E-state index contributed by atoms with van der Waals surface area (Å²) < 4.78 is 102. The number of anilines is 1. The molecule has 26 heavy (non-hydrogen) atoms. The van der Waals surface area contributed by atoms with Gasteiger partial charge in [-0.05, 0) is 24.3 Å². The first-order chi connectivity index (χ1) is 11.6. The van der Waals surface area contributed by atoms with Crippen LogP contribution in [0.25, 0.3) is 10.8 Å². The van der Waals surface area contributed by atoms with Crippen LogP contribution in [-0.4, -0.2) is 44.8 Å². The van der Waals surface area contributed by atoms with Crippen molar-refractivity contribution in [3.8, 4) is 0 Å². The fraction of sp³-hybridized carbons (Fsp3) is 0.0833. The summed E-state index contributed by atoms with van der Waals surface area (Å²) in [6.07, 6.45) is 0. The molecule has 0 heterocycles. The van der Waals surface area contributed by atoms with Crippen LogP contribution >= 0.6 is 0 Å². The molecule has 2 rings (SSSR count). The predicted molar refractivity (Wildman–Crippen MR) is 82.1 cm³/mol. The molecule has 1 N–H and O–H groups in total. The minimum absolute atomic E-state index is 0.236. The largest absolute Gasteiger partial charge is 0.744 e. The smallest absolute Gasteiger partial charge is 0.221 e. The maximum atomic E-state index is 11.5. The van der Waals surface area contributed by atoms with E-state index in [1.807, 2.05) is 0 Å². The van der Waals surface area contributed by atoms with E-state index in [2.05, 4.69) is 5.32 Å². The van der Waals surface area contributed by atoms with Gasteiger partial charge in [0.15, 0.2) is 0 Å². The Morgan fingerprint density at radius 2 is 1.38 bits per heavy atom. The van der Waals surface area contributed by atoms with Gasteiger partial charge in [-0.15, -0.1) is 0 Å². The normalized spacial score (nSPS) is 12.9. The van der Waals surface area contributed by atoms with Crippen LogP contribution in [0, 0.1) is 0 Å². The first-order valence-corrected chi connectivity index (χ1v) is 10.6. The molecule has 2 aromatic carbocycles. The molecule has 11 nitrogen and oxygen atoms in total. The molecule has 142 valence electrons. The Morgan fingerprint density at radius 1 is 0.846 bits per heavy atom. The summed E-state index contributed by atoms with van der Waals surface area (Å²) in [5.41, 5.74) is -0.371. The minimum Gasteiger partial charge on any atom is -0.744 e. The number of amides is 1. The molecule has 2 aromatic rings. The highest BCUT2D eigenvalue weighted by Gasteiger charge is 2.20. The minimum atomic E-state index is -5.43. The number of fused-ring (bicyclic) bond motifs is 1. The van der Waals surface area contributed by atoms with Crippen LogP contribution in [-0.2, 0) is 35.1 Å². The number of nitrogens with one attached hydrogen (secondary N) is 1. The summed E-state index contributed by atoms with van der Waals surface area (Å²) in [5.74, 6) is -0.737. The molecule has 0 saturated carbocycles. The lowest BCUT2D eigenvalue weighted by atomic mass is 10.1. The Morgan fingerprint density at radius 3 is 1.81 bits per heavy atom. The van der Waals surface area contributed by atoms with E-state index < -0.39 is 61.7 Å². The molecule has 0 unspecified atom stereocenters. The van der Waals surface area contributed by atoms with Gasteiger partial charge in [0.25, 0.3) is 0 Å². The fourth-order valence-corrected chi connectivity index (χ4v) is 4.25. The number of carbonyl (C=O) groups is 1. The van der Waals surface area contributed by atoms with Gasteiger partial charge in [0.2, 0.25) is 5.91 Å². The average molecular weight is 422 g/mol. The van der Waals surface area contributed by atoms with Crippen LogP contribution in [0.2, 0.25) is 0 Å². The molecule has 0 fully saturated rings. The van der Waals surface area contributed by atoms with Crippen LogP contribution in [0.15, 0.2) is 39.0 Å². The van der Waals surface area contributed by atoms with Gasteiger partial charge >= 0.3 is 0 Å². The van der Waals surface area contributed by atoms with E-state index in [-0.39, 0.29) is 11.8 Å². The Kier molecular flexibility index (Phi) is 4.86. The van der Waals surface area contributed by atoms with E-state index in [0.717, 1.165) is 13.0 Å². The summed E-state index contributed by atoms with van der Waals surface area (Å²) in [5, 5.41) is 0.614. The lowest BCUT2D eigenvalue weighted by molar-refractivity contribution is -0.114. The van der Waals surface area contributed by atoms with E-state index in [9.17, 15) is 43.7 Å². The second-order valence-corrected chi connectivity index (χ2v) is 9.07. The molecule has 0 spiro atoms. The molecule has 14 heteroatoms. The fourth-order valence-electron chi connectivity index (χ4n) is 2.25. The molecule has 0 atom stereocenters. The molecule has 0 aliphatic heterocycles. The van der Waals surface area contributed by atoms with Gasteiger partial charge in [0.1, 0.15) is 30.4 Å². The number of hydrogen-bond donors (Lipinski definition) is 1. The van der Waals surface area contributed by atoms with Gasteiger partial charge in [0, 0.05) is 23.4 Å². The van der Waals surface area contributed by atoms with Gasteiger partial charge in [-0.1, -0.05) is 0 Å². The van der Waals surface area contributed by atoms with Gasteiger partial charge in [-0.3, -0.25) is 4.79 Å². The van der Waals surface area contributed by atoms with Gasteiger partial charge < -0.3 is 19.0 Å². The van der Waals surface area contributed by atoms with Crippen molar-refractivity contribution in [2.75, 3.05) is 5.32 Å². The highest BCUT2D eigenvalue weighted by molar-refractivity contribution is 7.87. The van der Waals surface area contributed by atoms with Crippen molar-refractivity contribution in [2.24, 2.45) is 0 Å². The van der Waals surface area contributed by atoms with Crippen LogP contribution < -0.4 is 5.32 Å². The number of benzene rings is 2. The van der Waals surface area contributed by atoms with Crippen LogP contribution in [0.3, 0.4) is 0 Å². The first-order valence-electron chi connectivity index (χ1n) is 6.38. The molecule has 0 radical (unpaired) electrons. The average Bonchev–Trinajstić information content (AvgIpc) is 2.42. The SMILES string of the molecule is CC(=O)Nc1ccc(S(=O)(=O)[O-])c2cc(S(=O)(=O)[O-])cc(S(=O)(=O)[O-])c12. The highest BCUT2D eigenvalue weighted by Crippen LogP contribution is 2.36. The number of rotatable bonds is 4. The quantitative estimate of drug-likeness (QED) is 0.626. The number of carbonyl (C=O) groups excluding carboxylic acids is 1. The topological polar surface area (TPSA) is 201 Å². The van der Waals surface area contributed by atoms with Crippen molar-refractivity contribution in [2.45, 2.75) is 21.6 Å². The van der Waals surface area contributed by atoms with E-state index >= 15 is 0 Å². The highest BCUT2D eigenvalue weighted by atomic mass is 32.2. The zero-order chi connectivity index (χ0) is 20.1. The standard InChI is InChI=1S/C12H11NO10S3/c1-6(14)13-9-2-3-10(25(18,19)20)8-4-7(24(15,16)17)5-11(12(8)9)26(21,22)23/h2-5H,1H3,(H,13,14)(H,15,16,17)(H,18,19,20)(H,21,22,23)/p-3. The van der Waals surface area contributed by atoms with E-state index in [1.54, 1.807) is 0 Å². The monoisotopic (exact) mass is 422 g/mol. The van der Waals surface area contributed by atoms with Crippen molar-refractivity contribution in [1.82, 2.24) is 0 Å². The van der Waals surface area contributed by atoms with Crippen molar-refractivity contribution in [3.63, 3.8) is 0 Å². The molecule has 0 aliphatic carbocycles. The Labute approximate surface area is 147 Å². The zero-order valence-corrected chi connectivity index (χ0v) is 15.1. The maximum Gasteiger partial charge on any atom is 0.221 e. The molecule has 0 saturated heterocycles. The first kappa shape index (κ1) is 20.2. The summed E-state index contributed by atoms with van der Waals surface area (Å²) in [7, 11) is -16.0. The molecular weight excluding hydrogens is 414 g/mol. The Balaban J connectivity index is 3.23. The van der Waals surface area contributed by atoms with E-state index in [1.165, 1.54) is 0 Å². The van der Waals surface area contributed by atoms with Crippen molar-refractivity contribution < 1.29 is 43.7 Å². The number of hydrogen-bond acceptors (Lipinski definition) is 10. The van der Waals surface area contributed by atoms with Crippen LogP contribution in [0.1, 0.15) is 6.92 Å². The van der Waals surface area contributed by atoms with Gasteiger partial charge in [-0.25, -0.2) is 25.3 Å². The van der Waals surface area contributed by atoms with Gasteiger partial charge in [0.05, 0.1) is 14.7 Å². The third-order valence-electron chi connectivity index (χ3n) is 3.15. The van der Waals surface area contributed by atoms with Crippen molar-refractivity contribution in [1.29, 1.82) is 0 Å². The van der Waals surface area contributed by atoms with Crippen LogP contribution in [0.5, 0.6) is 0 Å². The van der Waals surface area contributed by atoms with Gasteiger partial charge in [-0.2, -0.15) is 0 Å². The van der Waals surface area contributed by atoms with Crippen molar-refractivity contribution in [3.05, 3.63) is 24.3 Å². The summed E-state index contributed by atoms with van der Waals surface area (Å²) in [6, 6.07) is 2.22. The third-order valence-corrected chi connectivity index (χ3v) is 5.72. The summed E-state index contributed by atoms with van der Waals surface area (Å²) in [4.78, 5) is 7.68. The predicted octanol–water partition coefficient (Wildman–Crippen LogP) is -0.489. The molecule has 0 aliphatic rings. The Hall–Kier alpha value is -2.10. The molecule has 0 aromatic heterocycles. The van der Waals surface area contributed by atoms with E-state index in [0.29, 0.717) is 12.1 Å². The molecule has 1 amide bonds. The Bertz CT molecular complexity index is 1240. The molecular formula is C12H8NO10S3-3. The van der Waals surface area contributed by atoms with Crippen molar-refractivity contribution >= 4 is 52.7 Å². The second-order valence-electron chi connectivity index (χ2n) is 5.00.